The minimum atomic E-state index is -1.68. The largest absolute Gasteiger partial charge is 0.483 e. The van der Waals surface area contributed by atoms with Crippen molar-refractivity contribution < 1.29 is 140 Å². The summed E-state index contributed by atoms with van der Waals surface area (Å²) in [6.07, 6.45) is -7.04. The number of rotatable bonds is 30. The molecule has 0 unspecified atom stereocenters. The standard InChI is InChI=1S/C24H26Cl2O8S.C18H18Cl2O8S.C13H7Cl3O3S.C13H8Cl2O4S.C11H20O5.Cl2OS/c1-23(2)31-11-16(32-23)22-15(33-24(3,4)34-22)10-30-18(27)12-29-14-8-7-13(19(25)20(14)26)21(28)17-6-5-9-35-17;19-15-9(17(25)13-2-1-5-29-13)3-4-12(16(15)20)27-8-14(24)28-7-11(23)18(26)10(22)6-21;14-10(17)6-19-8-4-3-7(11(15)12(8)16)13(18)9-2-1-5-20-9;14-11-7(13(18)9-2-1-5-20-9)3-4-8(12(11)15)19-6-10(16)17;1-10(2)13-6-8(15-10)9-7(5-12)14-11(3,4)16-9;1-4(2)3/h5-9,15-16,22H,10-12H2,1-4H3;1-5,10-11,18,21-23,26H,6-8H2;1-5H,6H2;1-5H,6H2,(H,16,17);7-9,12H,5-6H2,1-4H3;/t15-,16+,22-;10-,11+,18-;;;7-,8+,9-;/m01..0./s1. The van der Waals surface area contributed by atoms with Gasteiger partial charge in [-0.05, 0) is 161 Å². The van der Waals surface area contributed by atoms with Crippen LogP contribution in [0.1, 0.15) is 116 Å². The number of benzene rings is 4. The Morgan fingerprint density at radius 2 is 0.750 bits per heavy atom. The van der Waals surface area contributed by atoms with Crippen LogP contribution < -0.4 is 18.9 Å². The Balaban J connectivity index is 0.000000216. The molecule has 4 saturated heterocycles. The van der Waals surface area contributed by atoms with Crippen molar-refractivity contribution in [1.29, 1.82) is 0 Å². The Morgan fingerprint density at radius 1 is 0.435 bits per heavy atom. The average molecular weight is 2040 g/mol. The Hall–Kier alpha value is -5.54. The lowest BCUT2D eigenvalue weighted by atomic mass is 10.1. The topological polar surface area (TPSA) is 404 Å². The first-order valence-electron chi connectivity index (χ1n) is 36.1. The number of carboxylic acid groups (broad SMARTS) is 1. The highest BCUT2D eigenvalue weighted by Gasteiger charge is 2.51. The minimum Gasteiger partial charge on any atom is -0.483 e. The predicted molar refractivity (Wildman–Crippen MR) is 469 cm³/mol. The summed E-state index contributed by atoms with van der Waals surface area (Å²) in [5.41, 5.74) is 0.974. The molecule has 676 valence electrons. The van der Waals surface area contributed by atoms with Crippen LogP contribution in [0.5, 0.6) is 23.0 Å². The molecule has 4 aromatic carbocycles. The molecule has 9 atom stereocenters. The summed E-state index contributed by atoms with van der Waals surface area (Å²) in [7, 11) is 7.36. The molecule has 0 saturated carbocycles. The summed E-state index contributed by atoms with van der Waals surface area (Å²) in [4.78, 5) is 96.7. The quantitative estimate of drug-likeness (QED) is 0.0138. The van der Waals surface area contributed by atoms with Crippen molar-refractivity contribution in [3.8, 4) is 23.0 Å². The maximum Gasteiger partial charge on any atom is 0.344 e. The molecule has 29 nitrogen and oxygen atoms in total. The van der Waals surface area contributed by atoms with Crippen molar-refractivity contribution in [1.82, 2.24) is 0 Å². The van der Waals surface area contributed by atoms with E-state index in [1.165, 1.54) is 93.9 Å². The van der Waals surface area contributed by atoms with Crippen LogP contribution in [-0.4, -0.2) is 225 Å². The lowest BCUT2D eigenvalue weighted by Gasteiger charge is -2.23. The number of aliphatic hydroxyl groups is 5. The summed E-state index contributed by atoms with van der Waals surface area (Å²) >= 11 is 59.4. The van der Waals surface area contributed by atoms with Gasteiger partial charge in [0, 0.05) is 43.6 Å². The van der Waals surface area contributed by atoms with Gasteiger partial charge in [0.25, 0.3) is 5.24 Å². The number of carboxylic acids is 1. The lowest BCUT2D eigenvalue weighted by Crippen LogP contribution is -2.42. The van der Waals surface area contributed by atoms with Gasteiger partial charge in [-0.3, -0.25) is 24.0 Å². The highest BCUT2D eigenvalue weighted by Crippen LogP contribution is 2.43. The first-order valence-corrected chi connectivity index (χ1v) is 45.8. The van der Waals surface area contributed by atoms with Gasteiger partial charge in [0.1, 0.15) is 111 Å². The SMILES string of the molecule is CC1(C)O[C@H]([C@H]2COC(C)(C)O2)[C@H](CO)O1.CC1(C)O[C@H]([C@H]2COC(C)(C)O2)[C@H](COC(=O)COc2ccc(C(=O)c3cccs3)c(Cl)c2Cl)O1.O=C(COc1ccc(C(=O)c2cccs2)c(Cl)c1Cl)OC[C@H](O)[C@H](O)[C@H](O)CO.O=C(Cl)COc1ccc(C(=O)c2cccs2)c(Cl)c1Cl.O=C(O)COc1ccc(C(=O)c2cccs2)c(Cl)c1Cl.O=S(Cl)Cl. The summed E-state index contributed by atoms with van der Waals surface area (Å²) in [5.74, 6) is -5.94. The number of hydrogen-bond acceptors (Lipinski definition) is 32. The van der Waals surface area contributed by atoms with Crippen LogP contribution in [0.3, 0.4) is 0 Å². The molecule has 124 heavy (non-hydrogen) atoms. The summed E-state index contributed by atoms with van der Waals surface area (Å²) in [5, 5.41) is 61.5. The van der Waals surface area contributed by atoms with E-state index in [4.69, 9.17) is 185 Å². The second-order valence-corrected chi connectivity index (χ2v) is 37.4. The number of carbonyl (C=O) groups is 8. The highest BCUT2D eigenvalue weighted by molar-refractivity contribution is 8.26. The predicted octanol–water partition coefficient (Wildman–Crippen LogP) is 16.0. The van der Waals surface area contributed by atoms with Gasteiger partial charge in [0.2, 0.25) is 32.4 Å². The monoisotopic (exact) mass is 2040 g/mol. The molecule has 4 fully saturated rings. The van der Waals surface area contributed by atoms with E-state index < -0.39 is 119 Å². The zero-order valence-electron chi connectivity index (χ0n) is 66.1. The van der Waals surface area contributed by atoms with E-state index in [0.29, 0.717) is 32.7 Å². The highest BCUT2D eigenvalue weighted by atomic mass is 36.0. The second-order valence-electron chi connectivity index (χ2n) is 27.6. The third kappa shape index (κ3) is 31.4. The van der Waals surface area contributed by atoms with Crippen molar-refractivity contribution >= 4 is 227 Å². The molecular formula is C79H79Cl11O29S5. The number of halogens is 11. The normalized spacial score (nSPS) is 19.3. The fraction of sp³-hybridized carbons (Fsp3) is 0.392. The zero-order valence-corrected chi connectivity index (χ0v) is 78.5. The van der Waals surface area contributed by atoms with E-state index in [1.54, 1.807) is 83.9 Å². The van der Waals surface area contributed by atoms with Crippen molar-refractivity contribution in [2.45, 2.75) is 133 Å². The number of carbonyl (C=O) groups excluding carboxylic acids is 7. The molecular weight excluding hydrogens is 1960 g/mol. The van der Waals surface area contributed by atoms with Gasteiger partial charge in [0.05, 0.1) is 66.0 Å². The van der Waals surface area contributed by atoms with Crippen molar-refractivity contribution in [2.75, 3.05) is 66.1 Å². The van der Waals surface area contributed by atoms with Crippen molar-refractivity contribution in [2.24, 2.45) is 0 Å². The second kappa shape index (κ2) is 48.9. The molecule has 0 bridgehead atoms. The maximum atomic E-state index is 12.6. The Bertz CT molecular complexity index is 4840. The fourth-order valence-electron chi connectivity index (χ4n) is 11.3. The minimum absolute atomic E-state index is 0.0209. The Morgan fingerprint density at radius 3 is 1.04 bits per heavy atom. The van der Waals surface area contributed by atoms with Crippen LogP contribution in [0.25, 0.3) is 0 Å². The van der Waals surface area contributed by atoms with E-state index in [0.717, 1.165) is 0 Å². The molecule has 8 aromatic rings. The van der Waals surface area contributed by atoms with Gasteiger partial charge >= 0.3 is 17.9 Å². The number of ether oxygens (including phenoxy) is 14. The molecule has 12 rings (SSSR count). The number of aliphatic hydroxyl groups excluding tert-OH is 5. The van der Waals surface area contributed by atoms with Gasteiger partial charge < -0.3 is 97.0 Å². The van der Waals surface area contributed by atoms with Crippen LogP contribution in [0.15, 0.2) is 119 Å². The molecule has 4 aliphatic rings. The first-order chi connectivity index (χ1) is 58.3. The number of ketones is 4. The summed E-state index contributed by atoms with van der Waals surface area (Å²) in [6, 6.07) is 25.5. The zero-order chi connectivity index (χ0) is 91.9. The molecule has 0 spiro atoms. The van der Waals surface area contributed by atoms with Gasteiger partial charge in [-0.1, -0.05) is 117 Å². The molecule has 0 amide bonds. The fourth-order valence-corrected chi connectivity index (χ4v) is 15.9. The maximum absolute atomic E-state index is 12.6. The van der Waals surface area contributed by atoms with Gasteiger partial charge in [-0.15, -0.1) is 45.3 Å². The average Bonchev–Trinajstić information content (AvgIpc) is 1.62. The van der Waals surface area contributed by atoms with E-state index in [9.17, 15) is 58.8 Å². The van der Waals surface area contributed by atoms with Gasteiger partial charge in [-0.25, -0.2) is 18.6 Å². The van der Waals surface area contributed by atoms with Crippen molar-refractivity contribution in [3.05, 3.63) is 201 Å². The molecule has 45 heteroatoms. The molecule has 4 aromatic heterocycles. The van der Waals surface area contributed by atoms with E-state index in [1.807, 2.05) is 41.5 Å². The number of esters is 2. The van der Waals surface area contributed by atoms with Crippen LogP contribution in [0.2, 0.25) is 40.2 Å². The summed E-state index contributed by atoms with van der Waals surface area (Å²) < 4.78 is 85.9. The smallest absolute Gasteiger partial charge is 0.344 e. The van der Waals surface area contributed by atoms with E-state index >= 15 is 0 Å². The third-order valence-corrected chi connectivity index (χ3v) is 23.8. The van der Waals surface area contributed by atoms with Crippen LogP contribution in [-0.2, 0) is 75.8 Å². The van der Waals surface area contributed by atoms with Crippen LogP contribution in [0.4, 0.5) is 0 Å². The molecule has 0 aliphatic carbocycles. The molecule has 0 radical (unpaired) electrons. The van der Waals surface area contributed by atoms with Crippen molar-refractivity contribution in [3.63, 3.8) is 0 Å². The summed E-state index contributed by atoms with van der Waals surface area (Å²) in [6.45, 7) is 12.0. The lowest BCUT2D eigenvalue weighted by molar-refractivity contribution is -0.175. The van der Waals surface area contributed by atoms with E-state index in [2.05, 4.69) is 21.4 Å². The Labute approximate surface area is 782 Å². The van der Waals surface area contributed by atoms with E-state index in [-0.39, 0.29) is 153 Å². The van der Waals surface area contributed by atoms with Crippen LogP contribution in [0, 0.1) is 0 Å². The molecule has 4 aliphatic heterocycles. The third-order valence-electron chi connectivity index (χ3n) is 16.7. The number of hydrogen-bond donors (Lipinski definition) is 6. The Kier molecular flexibility index (Phi) is 41.6. The first kappa shape index (κ1) is 106. The van der Waals surface area contributed by atoms with Gasteiger partial charge in [-0.2, -0.15) is 0 Å². The number of thiophene rings is 4. The van der Waals surface area contributed by atoms with Gasteiger partial charge in [0.15, 0.2) is 49.6 Å². The van der Waals surface area contributed by atoms with Crippen LogP contribution >= 0.6 is 171 Å². The number of aliphatic carboxylic acids is 1. The molecule has 8 heterocycles. The molecule has 6 N–H and O–H groups in total.